The van der Waals surface area contributed by atoms with Gasteiger partial charge < -0.3 is 15.3 Å². The molecule has 3 saturated carbocycles. The Kier molecular flexibility index (Phi) is 7.83. The minimum absolute atomic E-state index is 0.0678. The smallest absolute Gasteiger partial charge is 0.303 e. The number of hydrogen-bond acceptors (Lipinski definition) is 3. The van der Waals surface area contributed by atoms with Crippen molar-refractivity contribution in [3.63, 3.8) is 0 Å². The van der Waals surface area contributed by atoms with Crippen molar-refractivity contribution < 1.29 is 20.1 Å². The second-order valence-electron chi connectivity index (χ2n) is 14.0. The third kappa shape index (κ3) is 5.17. The fourth-order valence-corrected chi connectivity index (χ4v) is 9.37. The highest BCUT2D eigenvalue weighted by atomic mass is 16.4. The monoisotopic (exact) mass is 488 g/mol. The Labute approximate surface area is 214 Å². The summed E-state index contributed by atoms with van der Waals surface area (Å²) in [6.45, 7) is 19.5. The summed E-state index contributed by atoms with van der Waals surface area (Å²) in [5, 5.41) is 31.0. The van der Waals surface area contributed by atoms with Crippen LogP contribution in [-0.4, -0.2) is 32.5 Å². The number of carboxylic acids is 1. The number of allylic oxidation sites excluding steroid dienone is 1. The summed E-state index contributed by atoms with van der Waals surface area (Å²) in [7, 11) is 0. The third-order valence-corrected chi connectivity index (χ3v) is 11.2. The number of hydrogen-bond donors (Lipinski definition) is 3. The van der Waals surface area contributed by atoms with Gasteiger partial charge in [0.2, 0.25) is 0 Å². The van der Waals surface area contributed by atoms with Crippen LogP contribution in [0.2, 0.25) is 0 Å². The van der Waals surface area contributed by atoms with Gasteiger partial charge in [-0.25, -0.2) is 0 Å². The summed E-state index contributed by atoms with van der Waals surface area (Å²) >= 11 is 0. The molecule has 0 saturated heterocycles. The van der Waals surface area contributed by atoms with Crippen molar-refractivity contribution in [3.05, 3.63) is 24.3 Å². The number of carboxylic acid groups (broad SMARTS) is 1. The zero-order chi connectivity index (χ0) is 26.4. The molecule has 4 heteroatoms. The van der Waals surface area contributed by atoms with Crippen LogP contribution in [-0.2, 0) is 4.79 Å². The van der Waals surface area contributed by atoms with Crippen molar-refractivity contribution in [2.75, 3.05) is 0 Å². The molecule has 3 N–H and O–H groups in total. The lowest BCUT2D eigenvalue weighted by atomic mass is 9.38. The van der Waals surface area contributed by atoms with Gasteiger partial charge in [0.1, 0.15) is 0 Å². The van der Waals surface area contributed by atoms with Gasteiger partial charge in [0.25, 0.3) is 0 Å². The van der Waals surface area contributed by atoms with Crippen LogP contribution in [0, 0.1) is 39.9 Å². The fourth-order valence-electron chi connectivity index (χ4n) is 9.37. The fraction of sp³-hybridized carbons (Fsp3) is 0.839. The van der Waals surface area contributed by atoms with Crippen molar-refractivity contribution in [3.8, 4) is 0 Å². The molecule has 0 aromatic heterocycles. The second kappa shape index (κ2) is 9.63. The summed E-state index contributed by atoms with van der Waals surface area (Å²) in [6.07, 6.45) is 13.0. The molecule has 0 bridgehead atoms. The minimum atomic E-state index is -0.862. The van der Waals surface area contributed by atoms with Gasteiger partial charge in [-0.1, -0.05) is 45.1 Å². The van der Waals surface area contributed by atoms with E-state index in [0.717, 1.165) is 44.9 Å². The Balaban J connectivity index is 1.89. The molecule has 0 amide bonds. The predicted molar refractivity (Wildman–Crippen MR) is 143 cm³/mol. The largest absolute Gasteiger partial charge is 0.481 e. The van der Waals surface area contributed by atoms with Gasteiger partial charge in [0, 0.05) is 6.42 Å². The molecule has 0 aromatic carbocycles. The molecule has 0 aliphatic heterocycles. The van der Waals surface area contributed by atoms with Crippen LogP contribution in [0.3, 0.4) is 0 Å². The SMILES string of the molecule is C=C(C)[C@@H]1CC[C@]2(C)[C@H](CC[C@@H]3[C@H]([C@@](C)(O)C/C=C/C(C)(C)O)CC[C@]32C)[C@@]1(C)CCCC(=O)O. The van der Waals surface area contributed by atoms with Crippen LogP contribution in [0.4, 0.5) is 0 Å². The molecule has 0 spiro atoms. The summed E-state index contributed by atoms with van der Waals surface area (Å²) in [4.78, 5) is 11.3. The van der Waals surface area contributed by atoms with E-state index in [1.165, 1.54) is 12.0 Å². The quantitative estimate of drug-likeness (QED) is 0.301. The van der Waals surface area contributed by atoms with Gasteiger partial charge in [0.15, 0.2) is 0 Å². The van der Waals surface area contributed by atoms with Crippen molar-refractivity contribution in [1.29, 1.82) is 0 Å². The number of aliphatic hydroxyl groups is 2. The van der Waals surface area contributed by atoms with Crippen molar-refractivity contribution in [2.45, 2.75) is 124 Å². The first kappa shape index (κ1) is 28.4. The second-order valence-corrected chi connectivity index (χ2v) is 14.0. The van der Waals surface area contributed by atoms with Gasteiger partial charge in [-0.2, -0.15) is 0 Å². The zero-order valence-corrected chi connectivity index (χ0v) is 23.5. The predicted octanol–water partition coefficient (Wildman–Crippen LogP) is 7.15. The topological polar surface area (TPSA) is 77.8 Å². The van der Waals surface area contributed by atoms with E-state index >= 15 is 0 Å². The summed E-state index contributed by atoms with van der Waals surface area (Å²) in [6, 6.07) is 0. The average molecular weight is 489 g/mol. The lowest BCUT2D eigenvalue weighted by Crippen LogP contribution is -2.60. The van der Waals surface area contributed by atoms with E-state index in [2.05, 4.69) is 34.3 Å². The molecule has 3 aliphatic carbocycles. The molecule has 0 radical (unpaired) electrons. The Morgan fingerprint density at radius 3 is 2.23 bits per heavy atom. The summed E-state index contributed by atoms with van der Waals surface area (Å²) in [5.74, 6) is 1.03. The zero-order valence-electron chi connectivity index (χ0n) is 23.5. The molecule has 0 unspecified atom stereocenters. The molecule has 35 heavy (non-hydrogen) atoms. The number of fused-ring (bicyclic) bond motifs is 3. The Hall–Kier alpha value is -1.13. The van der Waals surface area contributed by atoms with Gasteiger partial charge >= 0.3 is 5.97 Å². The Bertz CT molecular complexity index is 835. The molecular weight excluding hydrogens is 436 g/mol. The van der Waals surface area contributed by atoms with Gasteiger partial charge in [0.05, 0.1) is 11.2 Å². The van der Waals surface area contributed by atoms with E-state index < -0.39 is 17.2 Å². The van der Waals surface area contributed by atoms with E-state index in [9.17, 15) is 20.1 Å². The average Bonchev–Trinajstić information content (AvgIpc) is 3.05. The first-order chi connectivity index (χ1) is 16.0. The number of rotatable bonds is 9. The molecule has 200 valence electrons. The van der Waals surface area contributed by atoms with E-state index in [1.54, 1.807) is 19.9 Å². The molecule has 0 aromatic rings. The van der Waals surface area contributed by atoms with Gasteiger partial charge in [-0.15, -0.1) is 0 Å². The lowest BCUT2D eigenvalue weighted by Gasteiger charge is -2.66. The van der Waals surface area contributed by atoms with Crippen molar-refractivity contribution >= 4 is 5.97 Å². The highest BCUT2D eigenvalue weighted by Gasteiger charge is 2.67. The number of aliphatic carboxylic acids is 1. The van der Waals surface area contributed by atoms with Crippen LogP contribution in [0.1, 0.15) is 113 Å². The van der Waals surface area contributed by atoms with Crippen LogP contribution in [0.5, 0.6) is 0 Å². The van der Waals surface area contributed by atoms with E-state index in [1.807, 2.05) is 13.0 Å². The van der Waals surface area contributed by atoms with Crippen LogP contribution >= 0.6 is 0 Å². The normalized spacial score (nSPS) is 41.3. The standard InChI is InChI=1S/C31H52O4/c1-21(2)22-14-20-30(7)25(28(22,5)17-9-11-26(32)33)13-12-23-24(15-19-29(23,30)6)31(8,35)18-10-16-27(3,4)34/h10,16,22-25,34-35H,1,9,11-15,17-20H2,2-8H3,(H,32,33)/b16-10+/t22-,23+,24+,25+,28-,29+,30+,31-/m0/s1. The minimum Gasteiger partial charge on any atom is -0.481 e. The molecular formula is C31H52O4. The summed E-state index contributed by atoms with van der Waals surface area (Å²) in [5.41, 5.74) is 0.0131. The summed E-state index contributed by atoms with van der Waals surface area (Å²) < 4.78 is 0. The molecule has 3 aliphatic rings. The number of carbonyl (C=O) groups is 1. The van der Waals surface area contributed by atoms with Gasteiger partial charge in [-0.3, -0.25) is 4.79 Å². The van der Waals surface area contributed by atoms with Crippen molar-refractivity contribution in [1.82, 2.24) is 0 Å². The van der Waals surface area contributed by atoms with Crippen molar-refractivity contribution in [2.24, 2.45) is 39.9 Å². The van der Waals surface area contributed by atoms with E-state index in [-0.39, 0.29) is 28.6 Å². The highest BCUT2D eigenvalue weighted by Crippen LogP contribution is 2.74. The lowest BCUT2D eigenvalue weighted by molar-refractivity contribution is -0.177. The first-order valence-electron chi connectivity index (χ1n) is 14.0. The maximum absolute atomic E-state index is 11.6. The van der Waals surface area contributed by atoms with Crippen LogP contribution < -0.4 is 0 Å². The molecule has 3 fully saturated rings. The molecule has 3 rings (SSSR count). The third-order valence-electron chi connectivity index (χ3n) is 11.2. The maximum atomic E-state index is 11.6. The highest BCUT2D eigenvalue weighted by molar-refractivity contribution is 5.66. The Morgan fingerprint density at radius 1 is 1.03 bits per heavy atom. The Morgan fingerprint density at radius 2 is 1.66 bits per heavy atom. The molecule has 0 heterocycles. The van der Waals surface area contributed by atoms with Gasteiger partial charge in [-0.05, 0) is 125 Å². The molecule has 4 nitrogen and oxygen atoms in total. The first-order valence-corrected chi connectivity index (χ1v) is 14.0. The van der Waals surface area contributed by atoms with E-state index in [4.69, 9.17) is 0 Å². The van der Waals surface area contributed by atoms with Crippen LogP contribution in [0.25, 0.3) is 0 Å². The van der Waals surface area contributed by atoms with E-state index in [0.29, 0.717) is 24.2 Å². The maximum Gasteiger partial charge on any atom is 0.303 e. The van der Waals surface area contributed by atoms with Crippen LogP contribution in [0.15, 0.2) is 24.3 Å². The molecule has 8 atom stereocenters.